The maximum atomic E-state index is 9.11. The predicted octanol–water partition coefficient (Wildman–Crippen LogP) is 1.68. The van der Waals surface area contributed by atoms with Gasteiger partial charge in [-0.25, -0.2) is 0 Å². The van der Waals surface area contributed by atoms with Gasteiger partial charge in [-0.3, -0.25) is 0 Å². The van der Waals surface area contributed by atoms with Gasteiger partial charge in [-0.1, -0.05) is 18.2 Å². The van der Waals surface area contributed by atoms with Gasteiger partial charge in [0, 0.05) is 23.6 Å². The van der Waals surface area contributed by atoms with Gasteiger partial charge in [0.1, 0.15) is 0 Å². The van der Waals surface area contributed by atoms with E-state index in [1.165, 1.54) is 16.5 Å². The zero-order valence-electron chi connectivity index (χ0n) is 9.53. The molecule has 1 atom stereocenters. The first-order valence-corrected chi connectivity index (χ1v) is 5.71. The molecule has 0 spiro atoms. The minimum Gasteiger partial charge on any atom is -0.392 e. The molecule has 3 N–H and O–H groups in total. The van der Waals surface area contributed by atoms with Gasteiger partial charge >= 0.3 is 0 Å². The number of aromatic amines is 1. The molecule has 1 heterocycles. The van der Waals surface area contributed by atoms with Crippen LogP contribution in [0.4, 0.5) is 0 Å². The topological polar surface area (TPSA) is 48.0 Å². The SMILES string of the molecule is CC(O)CNCCc1c[nH]c2ccccc12. The van der Waals surface area contributed by atoms with E-state index in [1.54, 1.807) is 6.92 Å². The molecule has 3 nitrogen and oxygen atoms in total. The van der Waals surface area contributed by atoms with Gasteiger partial charge in [0.05, 0.1) is 6.10 Å². The monoisotopic (exact) mass is 218 g/mol. The van der Waals surface area contributed by atoms with Crippen LogP contribution < -0.4 is 5.32 Å². The minimum absolute atomic E-state index is 0.275. The fraction of sp³-hybridized carbons (Fsp3) is 0.385. The molecular formula is C13H18N2O. The van der Waals surface area contributed by atoms with Crippen LogP contribution in [0.25, 0.3) is 10.9 Å². The smallest absolute Gasteiger partial charge is 0.0636 e. The third kappa shape index (κ3) is 2.62. The third-order valence-corrected chi connectivity index (χ3v) is 2.69. The molecule has 0 amide bonds. The van der Waals surface area contributed by atoms with Crippen LogP contribution in [-0.2, 0) is 6.42 Å². The highest BCUT2D eigenvalue weighted by molar-refractivity contribution is 5.83. The average Bonchev–Trinajstić information content (AvgIpc) is 2.68. The molecule has 2 rings (SSSR count). The summed E-state index contributed by atoms with van der Waals surface area (Å²) in [6.07, 6.45) is 2.77. The summed E-state index contributed by atoms with van der Waals surface area (Å²) in [5.41, 5.74) is 2.52. The molecule has 0 saturated heterocycles. The number of aliphatic hydroxyl groups excluding tert-OH is 1. The van der Waals surface area contributed by atoms with Crippen LogP contribution in [0.15, 0.2) is 30.5 Å². The molecule has 0 bridgehead atoms. The van der Waals surface area contributed by atoms with Crippen LogP contribution in [0.3, 0.4) is 0 Å². The number of benzene rings is 1. The largest absolute Gasteiger partial charge is 0.392 e. The van der Waals surface area contributed by atoms with Crippen LogP contribution in [0.2, 0.25) is 0 Å². The predicted molar refractivity (Wildman–Crippen MR) is 66.6 cm³/mol. The van der Waals surface area contributed by atoms with E-state index in [9.17, 15) is 0 Å². The van der Waals surface area contributed by atoms with Crippen molar-refractivity contribution in [2.75, 3.05) is 13.1 Å². The first-order valence-electron chi connectivity index (χ1n) is 5.71. The zero-order chi connectivity index (χ0) is 11.4. The number of rotatable bonds is 5. The highest BCUT2D eigenvalue weighted by Crippen LogP contribution is 2.17. The Balaban J connectivity index is 1.94. The first kappa shape index (κ1) is 11.2. The number of para-hydroxylation sites is 1. The molecule has 0 aliphatic carbocycles. The molecule has 0 aliphatic rings. The number of H-pyrrole nitrogens is 1. The van der Waals surface area contributed by atoms with Crippen LogP contribution in [-0.4, -0.2) is 29.3 Å². The van der Waals surface area contributed by atoms with Crippen molar-refractivity contribution in [2.45, 2.75) is 19.4 Å². The van der Waals surface area contributed by atoms with Gasteiger partial charge in [0.25, 0.3) is 0 Å². The van der Waals surface area contributed by atoms with E-state index in [0.29, 0.717) is 6.54 Å². The second-order valence-corrected chi connectivity index (χ2v) is 4.16. The molecule has 86 valence electrons. The summed E-state index contributed by atoms with van der Waals surface area (Å²) in [6, 6.07) is 8.31. The highest BCUT2D eigenvalue weighted by atomic mass is 16.3. The van der Waals surface area contributed by atoms with E-state index in [2.05, 4.69) is 34.7 Å². The van der Waals surface area contributed by atoms with E-state index < -0.39 is 0 Å². The molecule has 0 radical (unpaired) electrons. The Morgan fingerprint density at radius 2 is 2.19 bits per heavy atom. The molecule has 1 aromatic heterocycles. The Labute approximate surface area is 95.5 Å². The summed E-state index contributed by atoms with van der Waals surface area (Å²) in [5, 5.41) is 13.6. The lowest BCUT2D eigenvalue weighted by atomic mass is 10.1. The fourth-order valence-corrected chi connectivity index (χ4v) is 1.87. The number of fused-ring (bicyclic) bond motifs is 1. The Hall–Kier alpha value is -1.32. The summed E-state index contributed by atoms with van der Waals surface area (Å²) in [6.45, 7) is 3.34. The second kappa shape index (κ2) is 5.14. The summed E-state index contributed by atoms with van der Waals surface area (Å²) >= 11 is 0. The van der Waals surface area contributed by atoms with E-state index in [1.807, 2.05) is 6.07 Å². The number of aliphatic hydroxyl groups is 1. The Kier molecular flexibility index (Phi) is 3.59. The molecule has 16 heavy (non-hydrogen) atoms. The number of nitrogens with one attached hydrogen (secondary N) is 2. The lowest BCUT2D eigenvalue weighted by molar-refractivity contribution is 0.191. The van der Waals surface area contributed by atoms with Crippen molar-refractivity contribution in [3.05, 3.63) is 36.0 Å². The summed E-state index contributed by atoms with van der Waals surface area (Å²) < 4.78 is 0. The quantitative estimate of drug-likeness (QED) is 0.669. The van der Waals surface area contributed by atoms with E-state index >= 15 is 0 Å². The summed E-state index contributed by atoms with van der Waals surface area (Å²) in [7, 11) is 0. The molecular weight excluding hydrogens is 200 g/mol. The molecule has 2 aromatic rings. The third-order valence-electron chi connectivity index (χ3n) is 2.69. The molecule has 1 unspecified atom stereocenters. The number of hydrogen-bond acceptors (Lipinski definition) is 2. The van der Waals surface area contributed by atoms with Crippen LogP contribution >= 0.6 is 0 Å². The van der Waals surface area contributed by atoms with Crippen molar-refractivity contribution >= 4 is 10.9 Å². The van der Waals surface area contributed by atoms with Crippen LogP contribution in [0.5, 0.6) is 0 Å². The van der Waals surface area contributed by atoms with Crippen molar-refractivity contribution in [1.82, 2.24) is 10.3 Å². The van der Waals surface area contributed by atoms with Gasteiger partial charge in [-0.05, 0) is 31.5 Å². The summed E-state index contributed by atoms with van der Waals surface area (Å²) in [4.78, 5) is 3.26. The molecule has 0 saturated carbocycles. The summed E-state index contributed by atoms with van der Waals surface area (Å²) in [5.74, 6) is 0. The van der Waals surface area contributed by atoms with E-state index in [0.717, 1.165) is 13.0 Å². The molecule has 0 aliphatic heterocycles. The van der Waals surface area contributed by atoms with Crippen LogP contribution in [0, 0.1) is 0 Å². The van der Waals surface area contributed by atoms with Gasteiger partial charge in [-0.15, -0.1) is 0 Å². The molecule has 0 fully saturated rings. The number of aromatic nitrogens is 1. The Bertz CT molecular complexity index is 448. The van der Waals surface area contributed by atoms with Crippen molar-refractivity contribution < 1.29 is 5.11 Å². The van der Waals surface area contributed by atoms with Gasteiger partial charge < -0.3 is 15.4 Å². The highest BCUT2D eigenvalue weighted by Gasteiger charge is 2.02. The molecule has 1 aromatic carbocycles. The lowest BCUT2D eigenvalue weighted by Crippen LogP contribution is -2.26. The van der Waals surface area contributed by atoms with Crippen molar-refractivity contribution in [3.8, 4) is 0 Å². The Morgan fingerprint density at radius 1 is 1.38 bits per heavy atom. The second-order valence-electron chi connectivity index (χ2n) is 4.16. The van der Waals surface area contributed by atoms with E-state index in [4.69, 9.17) is 5.11 Å². The zero-order valence-corrected chi connectivity index (χ0v) is 9.53. The normalized spacial score (nSPS) is 13.1. The molecule has 3 heteroatoms. The van der Waals surface area contributed by atoms with Crippen LogP contribution in [0.1, 0.15) is 12.5 Å². The maximum Gasteiger partial charge on any atom is 0.0636 e. The fourth-order valence-electron chi connectivity index (χ4n) is 1.87. The minimum atomic E-state index is -0.275. The van der Waals surface area contributed by atoms with Crippen molar-refractivity contribution in [2.24, 2.45) is 0 Å². The van der Waals surface area contributed by atoms with Crippen molar-refractivity contribution in [1.29, 1.82) is 0 Å². The van der Waals surface area contributed by atoms with Gasteiger partial charge in [0.2, 0.25) is 0 Å². The van der Waals surface area contributed by atoms with Gasteiger partial charge in [-0.2, -0.15) is 0 Å². The van der Waals surface area contributed by atoms with Crippen molar-refractivity contribution in [3.63, 3.8) is 0 Å². The first-order chi connectivity index (χ1) is 7.77. The van der Waals surface area contributed by atoms with E-state index in [-0.39, 0.29) is 6.10 Å². The standard InChI is InChI=1S/C13H18N2O/c1-10(16)8-14-7-6-11-9-15-13-5-3-2-4-12(11)13/h2-5,9-10,14-16H,6-8H2,1H3. The number of hydrogen-bond donors (Lipinski definition) is 3. The lowest BCUT2D eigenvalue weighted by Gasteiger charge is -2.05. The Morgan fingerprint density at radius 3 is 3.00 bits per heavy atom. The average molecular weight is 218 g/mol. The van der Waals surface area contributed by atoms with Gasteiger partial charge in [0.15, 0.2) is 0 Å². The maximum absolute atomic E-state index is 9.11.